The summed E-state index contributed by atoms with van der Waals surface area (Å²) in [5.41, 5.74) is 8.71. The molecule has 2 aliphatic carbocycles. The molecule has 0 aliphatic heterocycles. The maximum absolute atomic E-state index is 12.0. The van der Waals surface area contributed by atoms with Crippen molar-refractivity contribution in [2.45, 2.75) is 39.5 Å². The van der Waals surface area contributed by atoms with E-state index in [1.807, 2.05) is 12.2 Å². The van der Waals surface area contributed by atoms with E-state index >= 15 is 0 Å². The zero-order valence-electron chi connectivity index (χ0n) is 16.3. The number of hydrogen-bond acceptors (Lipinski definition) is 6. The van der Waals surface area contributed by atoms with Crippen molar-refractivity contribution in [3.05, 3.63) is 47.5 Å². The van der Waals surface area contributed by atoms with Gasteiger partial charge in [-0.05, 0) is 38.2 Å². The molecule has 1 fully saturated rings. The largest absolute Gasteiger partial charge is 0.475 e. The lowest BCUT2D eigenvalue weighted by atomic mass is 10.0. The van der Waals surface area contributed by atoms with E-state index in [-0.39, 0.29) is 18.4 Å². The standard InChI is InChI=1S/C21H26N4O3/c1-3-14-5-6-15(7-8-16(14)19(22)23)17-11-25-18(12-24-17)28-13-21(9-10-21)20(26)27-4-2/h6-8,11-12H,3-5,9-10,13H2,1-2H3,(H3,22,23). The minimum atomic E-state index is -0.520. The second-order valence-corrected chi connectivity index (χ2v) is 7.01. The quantitative estimate of drug-likeness (QED) is 0.406. The van der Waals surface area contributed by atoms with E-state index in [1.54, 1.807) is 19.3 Å². The number of ether oxygens (including phenoxy) is 2. The van der Waals surface area contributed by atoms with Crippen molar-refractivity contribution in [3.8, 4) is 5.88 Å². The van der Waals surface area contributed by atoms with Crippen molar-refractivity contribution in [2.75, 3.05) is 13.2 Å². The maximum atomic E-state index is 12.0. The fourth-order valence-electron chi connectivity index (χ4n) is 3.10. The molecule has 148 valence electrons. The Morgan fingerprint density at radius 1 is 1.25 bits per heavy atom. The fourth-order valence-corrected chi connectivity index (χ4v) is 3.10. The van der Waals surface area contributed by atoms with Crippen LogP contribution in [0.1, 0.15) is 45.2 Å². The van der Waals surface area contributed by atoms with Gasteiger partial charge in [0.25, 0.3) is 0 Å². The number of allylic oxidation sites excluding steroid dienone is 4. The smallest absolute Gasteiger partial charge is 0.315 e. The SMILES string of the molecule is CCOC(=O)C1(COc2cnc(C3=CCC(CC)=C(C(=N)N)C=C3)cn2)CC1. The first-order chi connectivity index (χ1) is 13.5. The van der Waals surface area contributed by atoms with Crippen molar-refractivity contribution in [1.29, 1.82) is 5.41 Å². The lowest BCUT2D eigenvalue weighted by Crippen LogP contribution is -2.26. The molecule has 28 heavy (non-hydrogen) atoms. The number of rotatable bonds is 8. The number of nitrogens with one attached hydrogen (secondary N) is 1. The third kappa shape index (κ3) is 4.30. The molecular weight excluding hydrogens is 356 g/mol. The third-order valence-corrected chi connectivity index (χ3v) is 5.08. The number of nitrogens with zero attached hydrogens (tertiary/aromatic N) is 2. The van der Waals surface area contributed by atoms with Gasteiger partial charge in [-0.25, -0.2) is 9.97 Å². The van der Waals surface area contributed by atoms with Gasteiger partial charge in [0.05, 0.1) is 24.7 Å². The van der Waals surface area contributed by atoms with E-state index in [1.165, 1.54) is 0 Å². The van der Waals surface area contributed by atoms with Gasteiger partial charge in [-0.2, -0.15) is 0 Å². The summed E-state index contributed by atoms with van der Waals surface area (Å²) in [6, 6.07) is 0. The van der Waals surface area contributed by atoms with Crippen LogP contribution in [0, 0.1) is 10.8 Å². The molecule has 1 aromatic heterocycles. The monoisotopic (exact) mass is 382 g/mol. The van der Waals surface area contributed by atoms with Crippen LogP contribution in [0.2, 0.25) is 0 Å². The first kappa shape index (κ1) is 19.8. The summed E-state index contributed by atoms with van der Waals surface area (Å²) in [5, 5.41) is 7.74. The van der Waals surface area contributed by atoms with Crippen LogP contribution < -0.4 is 10.5 Å². The Morgan fingerprint density at radius 3 is 2.61 bits per heavy atom. The highest BCUT2D eigenvalue weighted by molar-refractivity contribution is 5.99. The van der Waals surface area contributed by atoms with E-state index in [2.05, 4.69) is 23.0 Å². The van der Waals surface area contributed by atoms with Crippen molar-refractivity contribution in [2.24, 2.45) is 11.1 Å². The molecule has 1 saturated carbocycles. The number of carbonyl (C=O) groups is 1. The molecule has 2 aliphatic rings. The first-order valence-electron chi connectivity index (χ1n) is 9.56. The highest BCUT2D eigenvalue weighted by Crippen LogP contribution is 2.47. The predicted molar refractivity (Wildman–Crippen MR) is 107 cm³/mol. The minimum Gasteiger partial charge on any atom is -0.475 e. The summed E-state index contributed by atoms with van der Waals surface area (Å²) in [5.74, 6) is 0.261. The molecule has 0 saturated heterocycles. The predicted octanol–water partition coefficient (Wildman–Crippen LogP) is 3.18. The molecule has 1 aromatic rings. The molecule has 0 unspecified atom stereocenters. The Hall–Kier alpha value is -2.96. The van der Waals surface area contributed by atoms with Gasteiger partial charge in [0.1, 0.15) is 17.9 Å². The Labute approximate surface area is 164 Å². The molecule has 0 amide bonds. The van der Waals surface area contributed by atoms with Gasteiger partial charge < -0.3 is 15.2 Å². The average molecular weight is 382 g/mol. The Balaban J connectivity index is 1.65. The zero-order chi connectivity index (χ0) is 20.1. The lowest BCUT2D eigenvalue weighted by Gasteiger charge is -2.14. The van der Waals surface area contributed by atoms with Crippen LogP contribution >= 0.6 is 0 Å². The Morgan fingerprint density at radius 2 is 2.04 bits per heavy atom. The summed E-state index contributed by atoms with van der Waals surface area (Å²) < 4.78 is 10.8. The van der Waals surface area contributed by atoms with E-state index in [4.69, 9.17) is 20.6 Å². The van der Waals surface area contributed by atoms with Crippen LogP contribution in [0.4, 0.5) is 0 Å². The average Bonchev–Trinajstić information content (AvgIpc) is 3.50. The first-order valence-corrected chi connectivity index (χ1v) is 9.56. The molecule has 0 aromatic carbocycles. The number of carbonyl (C=O) groups excluding carboxylic acids is 1. The van der Waals surface area contributed by atoms with Gasteiger partial charge in [-0.15, -0.1) is 0 Å². The highest BCUT2D eigenvalue weighted by Gasteiger charge is 2.52. The van der Waals surface area contributed by atoms with Gasteiger partial charge >= 0.3 is 5.97 Å². The van der Waals surface area contributed by atoms with Crippen molar-refractivity contribution in [1.82, 2.24) is 9.97 Å². The summed E-state index contributed by atoms with van der Waals surface area (Å²) in [7, 11) is 0. The number of aromatic nitrogens is 2. The van der Waals surface area contributed by atoms with Crippen LogP contribution in [-0.4, -0.2) is 35.0 Å². The van der Waals surface area contributed by atoms with Crippen LogP contribution in [0.5, 0.6) is 5.88 Å². The molecule has 0 atom stereocenters. The van der Waals surface area contributed by atoms with Crippen molar-refractivity contribution >= 4 is 17.4 Å². The molecule has 0 bridgehead atoms. The van der Waals surface area contributed by atoms with Crippen molar-refractivity contribution in [3.63, 3.8) is 0 Å². The molecule has 3 N–H and O–H groups in total. The van der Waals surface area contributed by atoms with Crippen LogP contribution in [0.25, 0.3) is 5.57 Å². The van der Waals surface area contributed by atoms with Crippen molar-refractivity contribution < 1.29 is 14.3 Å². The number of hydrogen-bond donors (Lipinski definition) is 2. The molecule has 0 spiro atoms. The summed E-state index contributed by atoms with van der Waals surface area (Å²) in [6.07, 6.45) is 12.2. The molecule has 1 heterocycles. The molecule has 7 heteroatoms. The Kier molecular flexibility index (Phi) is 5.92. The van der Waals surface area contributed by atoms with Gasteiger partial charge in [0, 0.05) is 5.57 Å². The minimum absolute atomic E-state index is 0.0770. The third-order valence-electron chi connectivity index (χ3n) is 5.08. The van der Waals surface area contributed by atoms with E-state index in [0.29, 0.717) is 12.5 Å². The highest BCUT2D eigenvalue weighted by atomic mass is 16.5. The lowest BCUT2D eigenvalue weighted by molar-refractivity contribution is -0.150. The topological polar surface area (TPSA) is 111 Å². The van der Waals surface area contributed by atoms with Crippen LogP contribution in [0.15, 0.2) is 41.8 Å². The number of esters is 1. The van der Waals surface area contributed by atoms with Gasteiger partial charge in [-0.3, -0.25) is 10.2 Å². The second kappa shape index (κ2) is 8.37. The van der Waals surface area contributed by atoms with Crippen LogP contribution in [0.3, 0.4) is 0 Å². The van der Waals surface area contributed by atoms with Crippen LogP contribution in [-0.2, 0) is 9.53 Å². The molecule has 0 radical (unpaired) electrons. The molecular formula is C21H26N4O3. The van der Waals surface area contributed by atoms with E-state index in [9.17, 15) is 4.79 Å². The fraction of sp³-hybridized carbons (Fsp3) is 0.429. The van der Waals surface area contributed by atoms with E-state index < -0.39 is 5.41 Å². The zero-order valence-corrected chi connectivity index (χ0v) is 16.3. The van der Waals surface area contributed by atoms with Gasteiger partial charge in [0.15, 0.2) is 0 Å². The summed E-state index contributed by atoms with van der Waals surface area (Å²) >= 11 is 0. The summed E-state index contributed by atoms with van der Waals surface area (Å²) in [4.78, 5) is 20.7. The summed E-state index contributed by atoms with van der Waals surface area (Å²) in [6.45, 7) is 4.49. The normalized spacial score (nSPS) is 17.6. The maximum Gasteiger partial charge on any atom is 0.315 e. The van der Waals surface area contributed by atoms with Gasteiger partial charge in [0.2, 0.25) is 5.88 Å². The number of amidine groups is 1. The second-order valence-electron chi connectivity index (χ2n) is 7.01. The van der Waals surface area contributed by atoms with Gasteiger partial charge in [-0.1, -0.05) is 30.7 Å². The number of nitrogens with two attached hydrogens (primary N) is 1. The van der Waals surface area contributed by atoms with E-state index in [0.717, 1.165) is 48.1 Å². The molecule has 7 nitrogen and oxygen atoms in total. The molecule has 3 rings (SSSR count). The Bertz CT molecular complexity index is 849.